The normalized spacial score (nSPS) is 21.0. The van der Waals surface area contributed by atoms with Gasteiger partial charge in [0, 0.05) is 27.4 Å². The maximum atomic E-state index is 14.3. The lowest BCUT2D eigenvalue weighted by Gasteiger charge is -2.33. The van der Waals surface area contributed by atoms with E-state index in [1.54, 1.807) is 40.9 Å². The van der Waals surface area contributed by atoms with Crippen LogP contribution in [0.2, 0.25) is 5.02 Å². The van der Waals surface area contributed by atoms with Gasteiger partial charge in [0.15, 0.2) is 4.87 Å². The number of hydrogen-bond donors (Lipinski definition) is 0. The number of rotatable bonds is 3. The molecular formula is C27H25ClN2O2S. The molecule has 1 saturated heterocycles. The minimum absolute atomic E-state index is 0.0650. The lowest BCUT2D eigenvalue weighted by Crippen LogP contribution is -2.50. The predicted octanol–water partition coefficient (Wildman–Crippen LogP) is 6.02. The van der Waals surface area contributed by atoms with Gasteiger partial charge in [-0.3, -0.25) is 9.59 Å². The molecular weight excluding hydrogens is 452 g/mol. The number of carbonyl (C=O) groups excluding carboxylic acids is 2. The van der Waals surface area contributed by atoms with Crippen molar-refractivity contribution in [3.63, 3.8) is 0 Å². The molecule has 168 valence electrons. The van der Waals surface area contributed by atoms with Gasteiger partial charge in [-0.25, -0.2) is 0 Å². The molecule has 0 aromatic heterocycles. The van der Waals surface area contributed by atoms with E-state index in [0.717, 1.165) is 22.4 Å². The second-order valence-corrected chi connectivity index (χ2v) is 11.6. The van der Waals surface area contributed by atoms with E-state index >= 15 is 0 Å². The molecule has 1 atom stereocenters. The van der Waals surface area contributed by atoms with Crippen molar-refractivity contribution in [2.75, 3.05) is 11.4 Å². The number of thioether (sulfide) groups is 1. The quantitative estimate of drug-likeness (QED) is 0.464. The molecule has 2 amide bonds. The first-order chi connectivity index (χ1) is 15.7. The molecule has 6 heteroatoms. The van der Waals surface area contributed by atoms with Crippen LogP contribution in [0.15, 0.2) is 72.8 Å². The average molecular weight is 477 g/mol. The van der Waals surface area contributed by atoms with Gasteiger partial charge >= 0.3 is 0 Å². The van der Waals surface area contributed by atoms with Crippen LogP contribution in [0.4, 0.5) is 5.69 Å². The van der Waals surface area contributed by atoms with Crippen LogP contribution in [0, 0.1) is 6.92 Å². The number of amides is 2. The summed E-state index contributed by atoms with van der Waals surface area (Å²) < 4.78 is -0.288. The second kappa shape index (κ2) is 7.93. The Kier molecular flexibility index (Phi) is 5.30. The molecule has 0 aliphatic carbocycles. The van der Waals surface area contributed by atoms with E-state index in [2.05, 4.69) is 32.9 Å². The van der Waals surface area contributed by atoms with Gasteiger partial charge in [-0.2, -0.15) is 0 Å². The van der Waals surface area contributed by atoms with Gasteiger partial charge in [0.05, 0.1) is 12.2 Å². The Balaban J connectivity index is 1.63. The van der Waals surface area contributed by atoms with Crippen molar-refractivity contribution < 1.29 is 9.59 Å². The summed E-state index contributed by atoms with van der Waals surface area (Å²) in [6, 6.07) is 22.9. The fourth-order valence-electron chi connectivity index (χ4n) is 4.82. The number of para-hydroxylation sites is 1. The SMILES string of the molecule is Cc1ccccc1CN1C(=O)[C@]2(SC(C)(C)CN2C(=O)c2ccc(Cl)cc2)c2ccccc21. The fraction of sp³-hybridized carbons (Fsp3) is 0.259. The van der Waals surface area contributed by atoms with E-state index in [9.17, 15) is 9.59 Å². The first kappa shape index (κ1) is 22.1. The zero-order valence-corrected chi connectivity index (χ0v) is 20.4. The highest BCUT2D eigenvalue weighted by atomic mass is 35.5. The molecule has 2 heterocycles. The summed E-state index contributed by atoms with van der Waals surface area (Å²) in [4.78, 5) is 30.6. The number of carbonyl (C=O) groups is 2. The highest BCUT2D eigenvalue weighted by Crippen LogP contribution is 2.60. The van der Waals surface area contributed by atoms with E-state index in [4.69, 9.17) is 11.6 Å². The number of halogens is 1. The van der Waals surface area contributed by atoms with Crippen LogP contribution in [-0.4, -0.2) is 28.0 Å². The summed E-state index contributed by atoms with van der Waals surface area (Å²) in [5.74, 6) is -0.226. The van der Waals surface area contributed by atoms with E-state index in [1.807, 2.05) is 41.3 Å². The summed E-state index contributed by atoms with van der Waals surface area (Å²) in [7, 11) is 0. The third kappa shape index (κ3) is 3.54. The van der Waals surface area contributed by atoms with Crippen LogP contribution in [0.1, 0.15) is 40.9 Å². The van der Waals surface area contributed by atoms with Gasteiger partial charge in [0.2, 0.25) is 0 Å². The molecule has 33 heavy (non-hydrogen) atoms. The molecule has 0 saturated carbocycles. The van der Waals surface area contributed by atoms with Crippen molar-refractivity contribution in [3.8, 4) is 0 Å². The Morgan fingerprint density at radius 1 is 1.00 bits per heavy atom. The molecule has 0 unspecified atom stereocenters. The second-order valence-electron chi connectivity index (χ2n) is 9.24. The lowest BCUT2D eigenvalue weighted by atomic mass is 10.0. The molecule has 2 aliphatic rings. The van der Waals surface area contributed by atoms with Crippen LogP contribution < -0.4 is 4.90 Å². The van der Waals surface area contributed by atoms with Crippen molar-refractivity contribution >= 4 is 40.9 Å². The molecule has 3 aromatic rings. The smallest absolute Gasteiger partial charge is 0.268 e. The fourth-order valence-corrected chi connectivity index (χ4v) is 6.68. The highest BCUT2D eigenvalue weighted by molar-refractivity contribution is 8.02. The zero-order valence-electron chi connectivity index (χ0n) is 18.8. The van der Waals surface area contributed by atoms with Gasteiger partial charge in [-0.1, -0.05) is 54.1 Å². The molecule has 3 aromatic carbocycles. The largest absolute Gasteiger partial charge is 0.310 e. The van der Waals surface area contributed by atoms with Crippen LogP contribution in [0.25, 0.3) is 0 Å². The summed E-state index contributed by atoms with van der Waals surface area (Å²) in [6.07, 6.45) is 0. The number of fused-ring (bicyclic) bond motifs is 2. The third-order valence-electron chi connectivity index (χ3n) is 6.36. The Morgan fingerprint density at radius 3 is 2.39 bits per heavy atom. The minimum atomic E-state index is -1.10. The molecule has 0 radical (unpaired) electrons. The van der Waals surface area contributed by atoms with Crippen LogP contribution in [-0.2, 0) is 16.2 Å². The first-order valence-electron chi connectivity index (χ1n) is 11.0. The molecule has 1 spiro atoms. The van der Waals surface area contributed by atoms with Gasteiger partial charge in [0.25, 0.3) is 11.8 Å². The number of benzene rings is 3. The average Bonchev–Trinajstić information content (AvgIpc) is 3.21. The molecule has 0 bridgehead atoms. The molecule has 5 rings (SSSR count). The van der Waals surface area contributed by atoms with E-state index in [-0.39, 0.29) is 16.6 Å². The zero-order chi connectivity index (χ0) is 23.4. The van der Waals surface area contributed by atoms with Crippen molar-refractivity contribution in [2.45, 2.75) is 36.9 Å². The van der Waals surface area contributed by atoms with E-state index in [1.165, 1.54) is 0 Å². The number of aryl methyl sites for hydroxylation is 1. The van der Waals surface area contributed by atoms with Crippen LogP contribution in [0.5, 0.6) is 0 Å². The molecule has 4 nitrogen and oxygen atoms in total. The summed E-state index contributed by atoms with van der Waals surface area (Å²) >= 11 is 7.62. The van der Waals surface area contributed by atoms with Crippen molar-refractivity contribution in [2.24, 2.45) is 0 Å². The maximum Gasteiger partial charge on any atom is 0.268 e. The Bertz CT molecular complexity index is 1260. The molecule has 1 fully saturated rings. The van der Waals surface area contributed by atoms with Crippen molar-refractivity contribution in [1.29, 1.82) is 0 Å². The van der Waals surface area contributed by atoms with Crippen LogP contribution >= 0.6 is 23.4 Å². The number of nitrogens with zero attached hydrogens (tertiary/aromatic N) is 2. The molecule has 2 aliphatic heterocycles. The first-order valence-corrected chi connectivity index (χ1v) is 12.2. The Labute approximate surface area is 203 Å². The maximum absolute atomic E-state index is 14.3. The third-order valence-corrected chi connectivity index (χ3v) is 8.21. The highest BCUT2D eigenvalue weighted by Gasteiger charge is 2.63. The van der Waals surface area contributed by atoms with E-state index < -0.39 is 4.87 Å². The minimum Gasteiger partial charge on any atom is -0.310 e. The standard InChI is InChI=1S/C27H25ClN2O2S/c1-18-8-4-5-9-20(18)16-29-23-11-7-6-10-22(23)27(25(29)32)30(17-26(2,3)33-27)24(31)19-12-14-21(28)15-13-19/h4-15H,16-17H2,1-3H3/t27-/m1/s1. The van der Waals surface area contributed by atoms with Gasteiger partial charge in [-0.05, 0) is 62.2 Å². The Morgan fingerprint density at radius 2 is 1.67 bits per heavy atom. The van der Waals surface area contributed by atoms with E-state index in [0.29, 0.717) is 23.7 Å². The van der Waals surface area contributed by atoms with Crippen molar-refractivity contribution in [1.82, 2.24) is 4.90 Å². The summed E-state index contributed by atoms with van der Waals surface area (Å²) in [5.41, 5.74) is 4.50. The summed E-state index contributed by atoms with van der Waals surface area (Å²) in [5, 5.41) is 0.573. The number of anilines is 1. The van der Waals surface area contributed by atoms with Crippen LogP contribution in [0.3, 0.4) is 0 Å². The Hall–Kier alpha value is -2.76. The van der Waals surface area contributed by atoms with Gasteiger partial charge in [-0.15, -0.1) is 11.8 Å². The topological polar surface area (TPSA) is 40.6 Å². The predicted molar refractivity (Wildman–Crippen MR) is 135 cm³/mol. The summed E-state index contributed by atoms with van der Waals surface area (Å²) in [6.45, 7) is 7.18. The lowest BCUT2D eigenvalue weighted by molar-refractivity contribution is -0.123. The number of hydrogen-bond acceptors (Lipinski definition) is 3. The van der Waals surface area contributed by atoms with Gasteiger partial charge < -0.3 is 9.80 Å². The van der Waals surface area contributed by atoms with Crippen molar-refractivity contribution in [3.05, 3.63) is 100 Å². The molecule has 0 N–H and O–H groups in total. The van der Waals surface area contributed by atoms with Gasteiger partial charge in [0.1, 0.15) is 0 Å². The monoisotopic (exact) mass is 476 g/mol.